The lowest BCUT2D eigenvalue weighted by Crippen LogP contribution is -2.45. The smallest absolute Gasteiger partial charge is 0.342 e. The number of carbonyl (C=O) groups is 4. The molecule has 0 spiro atoms. The molecule has 0 bridgehead atoms. The zero-order valence-electron chi connectivity index (χ0n) is 24.7. The van der Waals surface area contributed by atoms with Crippen molar-refractivity contribution in [2.75, 3.05) is 26.9 Å². The molecule has 0 fully saturated rings. The van der Waals surface area contributed by atoms with Crippen molar-refractivity contribution in [2.24, 2.45) is 0 Å². The van der Waals surface area contributed by atoms with Gasteiger partial charge in [-0.3, -0.25) is 9.59 Å². The Kier molecular flexibility index (Phi) is 14.0. The van der Waals surface area contributed by atoms with Crippen molar-refractivity contribution in [3.05, 3.63) is 46.1 Å². The molecule has 42 heavy (non-hydrogen) atoms. The van der Waals surface area contributed by atoms with Crippen molar-refractivity contribution < 1.29 is 48.7 Å². The number of aromatic hydroxyl groups is 1. The fourth-order valence-corrected chi connectivity index (χ4v) is 4.40. The second-order valence-electron chi connectivity index (χ2n) is 9.94. The van der Waals surface area contributed by atoms with Crippen LogP contribution in [0.25, 0.3) is 0 Å². The number of ether oxygens (including phenoxy) is 3. The van der Waals surface area contributed by atoms with Crippen molar-refractivity contribution in [2.45, 2.75) is 78.0 Å². The van der Waals surface area contributed by atoms with Crippen LogP contribution < -0.4 is 15.4 Å². The minimum absolute atomic E-state index is 0.0301. The number of hydrogen-bond acceptors (Lipinski definition) is 10. The van der Waals surface area contributed by atoms with Crippen LogP contribution in [0.15, 0.2) is 23.8 Å². The van der Waals surface area contributed by atoms with Crippen LogP contribution in [0.4, 0.5) is 0 Å². The fourth-order valence-electron chi connectivity index (χ4n) is 4.40. The Morgan fingerprint density at radius 2 is 1.83 bits per heavy atom. The average molecular weight is 591 g/mol. The summed E-state index contributed by atoms with van der Waals surface area (Å²) in [5.74, 6) is -1.82. The standard InChI is InChI=1S/C30H42N2O10/c1-5-6-7-8-24(35)31-14-13-23(29(38)42-20(15-33)16-34)32-25(36)12-10-18(2)9-11-21-27(37)26-22(17-41-30(26)39)19(3)28(21)40-4/h6-7,9,20,23,33-34,37H,5,8,10-17H2,1-4H3,(H,31,35)(H,32,36)/b7-6-,18-9+. The zero-order chi connectivity index (χ0) is 31.2. The molecule has 0 aliphatic carbocycles. The monoisotopic (exact) mass is 590 g/mol. The number of aliphatic hydroxyl groups is 2. The van der Waals surface area contributed by atoms with E-state index in [9.17, 15) is 34.5 Å². The van der Waals surface area contributed by atoms with Gasteiger partial charge in [0.05, 0.1) is 20.3 Å². The predicted molar refractivity (Wildman–Crippen MR) is 153 cm³/mol. The van der Waals surface area contributed by atoms with E-state index in [2.05, 4.69) is 10.6 Å². The molecule has 1 unspecified atom stereocenters. The van der Waals surface area contributed by atoms with Crippen LogP contribution in [-0.2, 0) is 36.9 Å². The van der Waals surface area contributed by atoms with Crippen molar-refractivity contribution in [3.63, 3.8) is 0 Å². The minimum atomic E-state index is -1.13. The molecule has 1 aromatic carbocycles. The van der Waals surface area contributed by atoms with E-state index < -0.39 is 43.2 Å². The summed E-state index contributed by atoms with van der Waals surface area (Å²) in [6.07, 6.45) is 5.94. The van der Waals surface area contributed by atoms with Gasteiger partial charge in [0.1, 0.15) is 35.8 Å². The Hall–Kier alpha value is -3.90. The highest BCUT2D eigenvalue weighted by Crippen LogP contribution is 2.42. The van der Waals surface area contributed by atoms with Crippen molar-refractivity contribution in [1.29, 1.82) is 0 Å². The summed E-state index contributed by atoms with van der Waals surface area (Å²) < 4.78 is 15.7. The molecule has 0 radical (unpaired) electrons. The average Bonchev–Trinajstić information content (AvgIpc) is 3.37. The molecule has 0 saturated heterocycles. The van der Waals surface area contributed by atoms with Crippen LogP contribution >= 0.6 is 0 Å². The van der Waals surface area contributed by atoms with Gasteiger partial charge in [-0.15, -0.1) is 0 Å². The van der Waals surface area contributed by atoms with Crippen LogP contribution in [-0.4, -0.2) is 78.1 Å². The van der Waals surface area contributed by atoms with Crippen LogP contribution in [0.3, 0.4) is 0 Å². The second-order valence-corrected chi connectivity index (χ2v) is 9.94. The SMILES string of the molecule is CC/C=C\CC(=O)NCCC(NC(=O)CC/C(C)=C/Cc1c(O)c2c(c(C)c1OC)COC2=O)C(=O)OC(CO)CO. The first-order valence-electron chi connectivity index (χ1n) is 13.9. The number of benzene rings is 1. The normalized spacial score (nSPS) is 13.6. The van der Waals surface area contributed by atoms with Crippen LogP contribution in [0.5, 0.6) is 11.5 Å². The molecule has 5 N–H and O–H groups in total. The highest BCUT2D eigenvalue weighted by Gasteiger charge is 2.32. The van der Waals surface area contributed by atoms with E-state index >= 15 is 0 Å². The number of hydrogen-bond donors (Lipinski definition) is 5. The molecule has 2 rings (SSSR count). The Labute approximate surface area is 245 Å². The largest absolute Gasteiger partial charge is 0.507 e. The lowest BCUT2D eigenvalue weighted by atomic mass is 9.94. The van der Waals surface area contributed by atoms with Crippen molar-refractivity contribution in [3.8, 4) is 11.5 Å². The number of cyclic esters (lactones) is 1. The number of esters is 2. The molecule has 2 amide bonds. The van der Waals surface area contributed by atoms with Crippen LogP contribution in [0, 0.1) is 6.92 Å². The van der Waals surface area contributed by atoms with E-state index in [0.29, 0.717) is 28.9 Å². The third kappa shape index (κ3) is 9.59. The predicted octanol–water partition coefficient (Wildman–Crippen LogP) is 1.89. The number of aliphatic hydroxyl groups excluding tert-OH is 2. The molecule has 1 aliphatic rings. The number of rotatable bonds is 17. The maximum atomic E-state index is 12.7. The maximum Gasteiger partial charge on any atom is 0.342 e. The van der Waals surface area contributed by atoms with Gasteiger partial charge in [-0.2, -0.15) is 0 Å². The summed E-state index contributed by atoms with van der Waals surface area (Å²) in [6, 6.07) is -1.11. The van der Waals surface area contributed by atoms with Gasteiger partial charge in [-0.1, -0.05) is 30.7 Å². The topological polar surface area (TPSA) is 181 Å². The summed E-state index contributed by atoms with van der Waals surface area (Å²) in [5, 5.41) is 34.6. The molecule has 1 atom stereocenters. The number of carbonyl (C=O) groups excluding carboxylic acids is 4. The van der Waals surface area contributed by atoms with Crippen molar-refractivity contribution >= 4 is 23.8 Å². The van der Waals surface area contributed by atoms with Gasteiger partial charge in [-0.05, 0) is 45.1 Å². The summed E-state index contributed by atoms with van der Waals surface area (Å²) in [7, 11) is 1.48. The molecule has 0 aromatic heterocycles. The number of phenols is 1. The lowest BCUT2D eigenvalue weighted by Gasteiger charge is -2.21. The molecule has 232 valence electrons. The summed E-state index contributed by atoms with van der Waals surface area (Å²) >= 11 is 0. The first-order valence-corrected chi connectivity index (χ1v) is 13.9. The van der Waals surface area contributed by atoms with E-state index in [1.54, 1.807) is 13.0 Å². The van der Waals surface area contributed by atoms with E-state index in [0.717, 1.165) is 12.0 Å². The fraction of sp³-hybridized carbons (Fsp3) is 0.533. The van der Waals surface area contributed by atoms with Gasteiger partial charge in [-0.25, -0.2) is 9.59 Å². The molecule has 12 nitrogen and oxygen atoms in total. The zero-order valence-corrected chi connectivity index (χ0v) is 24.7. The maximum absolute atomic E-state index is 12.7. The number of fused-ring (bicyclic) bond motifs is 1. The van der Waals surface area contributed by atoms with Gasteiger partial charge in [0, 0.05) is 30.5 Å². The molecule has 1 heterocycles. The number of methoxy groups -OCH3 is 1. The quantitative estimate of drug-likeness (QED) is 0.133. The lowest BCUT2D eigenvalue weighted by molar-refractivity contribution is -0.157. The first kappa shape index (κ1) is 34.3. The molecule has 0 saturated carbocycles. The summed E-state index contributed by atoms with van der Waals surface area (Å²) in [6.45, 7) is 4.56. The third-order valence-corrected chi connectivity index (χ3v) is 6.82. The van der Waals surface area contributed by atoms with E-state index in [4.69, 9.17) is 14.2 Å². The molecular weight excluding hydrogens is 548 g/mol. The first-order chi connectivity index (χ1) is 20.1. The van der Waals surface area contributed by atoms with Gasteiger partial charge < -0.3 is 40.2 Å². The molecule has 1 aromatic rings. The Morgan fingerprint density at radius 3 is 2.48 bits per heavy atom. The van der Waals surface area contributed by atoms with Gasteiger partial charge in [0.2, 0.25) is 11.8 Å². The molecular formula is C30H42N2O10. The Morgan fingerprint density at radius 1 is 1.12 bits per heavy atom. The highest BCUT2D eigenvalue weighted by atomic mass is 16.6. The number of phenolic OH excluding ortho intramolecular Hbond substituents is 1. The molecule has 12 heteroatoms. The Bertz CT molecular complexity index is 1190. The number of allylic oxidation sites excluding steroid dienone is 3. The van der Waals surface area contributed by atoms with E-state index in [1.807, 2.05) is 26.0 Å². The summed E-state index contributed by atoms with van der Waals surface area (Å²) in [5.41, 5.74) is 2.71. The molecule has 1 aliphatic heterocycles. The number of amides is 2. The second kappa shape index (κ2) is 17.1. The van der Waals surface area contributed by atoms with E-state index in [1.165, 1.54) is 7.11 Å². The van der Waals surface area contributed by atoms with Crippen molar-refractivity contribution in [1.82, 2.24) is 10.6 Å². The summed E-state index contributed by atoms with van der Waals surface area (Å²) in [4.78, 5) is 49.5. The van der Waals surface area contributed by atoms with Crippen LogP contribution in [0.1, 0.15) is 73.0 Å². The third-order valence-electron chi connectivity index (χ3n) is 6.82. The van der Waals surface area contributed by atoms with E-state index in [-0.39, 0.29) is 56.1 Å². The Balaban J connectivity index is 2.02. The van der Waals surface area contributed by atoms with Crippen LogP contribution in [0.2, 0.25) is 0 Å². The van der Waals surface area contributed by atoms with Gasteiger partial charge in [0.25, 0.3) is 0 Å². The van der Waals surface area contributed by atoms with Gasteiger partial charge in [0.15, 0.2) is 0 Å². The highest BCUT2D eigenvalue weighted by molar-refractivity contribution is 5.98. The minimum Gasteiger partial charge on any atom is -0.507 e. The number of nitrogens with one attached hydrogen (secondary N) is 2. The van der Waals surface area contributed by atoms with Gasteiger partial charge >= 0.3 is 11.9 Å².